The first-order chi connectivity index (χ1) is 17.5. The molecule has 3 aromatic heterocycles. The number of H-pyrrole nitrogens is 1. The molecular weight excluding hydrogens is 456 g/mol. The molecule has 5 heterocycles. The smallest absolute Gasteiger partial charge is 0.253 e. The van der Waals surface area contributed by atoms with E-state index >= 15 is 0 Å². The Kier molecular flexibility index (Phi) is 5.56. The molecule has 1 spiro atoms. The van der Waals surface area contributed by atoms with Crippen molar-refractivity contribution in [2.45, 2.75) is 25.2 Å². The van der Waals surface area contributed by atoms with Crippen molar-refractivity contribution in [3.05, 3.63) is 59.9 Å². The number of likely N-dealkylation sites (tertiary alicyclic amines) is 1. The number of hydrogen-bond acceptors (Lipinski definition) is 6. The van der Waals surface area contributed by atoms with Crippen LogP contribution in [0, 0.1) is 0 Å². The van der Waals surface area contributed by atoms with Crippen molar-refractivity contribution >= 4 is 22.8 Å². The zero-order chi connectivity index (χ0) is 24.7. The predicted molar refractivity (Wildman–Crippen MR) is 135 cm³/mol. The summed E-state index contributed by atoms with van der Waals surface area (Å²) < 4.78 is 5.96. The highest BCUT2D eigenvalue weighted by atomic mass is 16.3. The molecule has 2 aliphatic heterocycles. The second kappa shape index (κ2) is 8.91. The molecule has 0 saturated carbocycles. The van der Waals surface area contributed by atoms with Gasteiger partial charge in [-0.05, 0) is 50.2 Å². The fraction of sp³-hybridized carbons (Fsp3) is 0.333. The van der Waals surface area contributed by atoms with E-state index in [1.54, 1.807) is 6.20 Å². The van der Waals surface area contributed by atoms with Gasteiger partial charge in [0.1, 0.15) is 5.58 Å². The number of nitrogens with zero attached hydrogens (tertiary/aromatic N) is 3. The van der Waals surface area contributed by atoms with Gasteiger partial charge in [-0.15, -0.1) is 0 Å². The van der Waals surface area contributed by atoms with Crippen molar-refractivity contribution in [1.29, 1.82) is 0 Å². The summed E-state index contributed by atoms with van der Waals surface area (Å²) in [6.45, 7) is 5.46. The quantitative estimate of drug-likeness (QED) is 0.401. The molecule has 6 rings (SSSR count). The van der Waals surface area contributed by atoms with E-state index in [1.165, 1.54) is 6.92 Å². The predicted octanol–water partition coefficient (Wildman–Crippen LogP) is 3.10. The lowest BCUT2D eigenvalue weighted by Crippen LogP contribution is -2.53. The molecule has 4 aromatic rings. The van der Waals surface area contributed by atoms with Crippen LogP contribution in [0.25, 0.3) is 33.9 Å². The van der Waals surface area contributed by atoms with Crippen molar-refractivity contribution in [2.24, 2.45) is 0 Å². The standard InChI is InChI=1S/C27H28N6O3/c1-17(34)28-10-13-33-11-7-27(8-12-33)16-30-26(35)19-15-21(31-24(19)27)20-6-9-29-25(32-20)23-14-18-4-2-3-5-22(18)36-23/h2-6,9,14-15,31H,7-8,10-13,16H2,1H3,(H,28,34)(H,30,35). The van der Waals surface area contributed by atoms with Crippen LogP contribution in [0.2, 0.25) is 0 Å². The molecule has 0 unspecified atom stereocenters. The molecule has 184 valence electrons. The summed E-state index contributed by atoms with van der Waals surface area (Å²) in [6, 6.07) is 13.5. The van der Waals surface area contributed by atoms with Gasteiger partial charge in [0.05, 0.1) is 17.0 Å². The van der Waals surface area contributed by atoms with Gasteiger partial charge in [-0.1, -0.05) is 18.2 Å². The molecule has 0 radical (unpaired) electrons. The van der Waals surface area contributed by atoms with Gasteiger partial charge in [0.25, 0.3) is 5.91 Å². The molecule has 1 fully saturated rings. The number of carbonyl (C=O) groups excluding carboxylic acids is 2. The third kappa shape index (κ3) is 4.05. The van der Waals surface area contributed by atoms with E-state index in [0.717, 1.165) is 54.8 Å². The molecule has 1 aromatic carbocycles. The number of hydrogen-bond donors (Lipinski definition) is 3. The number of para-hydroxylation sites is 1. The number of aromatic amines is 1. The van der Waals surface area contributed by atoms with Gasteiger partial charge in [-0.2, -0.15) is 0 Å². The first-order valence-corrected chi connectivity index (χ1v) is 12.3. The van der Waals surface area contributed by atoms with Crippen molar-refractivity contribution in [3.8, 4) is 23.0 Å². The largest absolute Gasteiger partial charge is 0.453 e. The number of rotatable bonds is 5. The summed E-state index contributed by atoms with van der Waals surface area (Å²) in [6.07, 6.45) is 3.57. The van der Waals surface area contributed by atoms with E-state index in [0.29, 0.717) is 35.9 Å². The van der Waals surface area contributed by atoms with E-state index in [1.807, 2.05) is 42.5 Å². The molecular formula is C27H28N6O3. The Morgan fingerprint density at radius 1 is 1.19 bits per heavy atom. The van der Waals surface area contributed by atoms with E-state index in [-0.39, 0.29) is 17.2 Å². The summed E-state index contributed by atoms with van der Waals surface area (Å²) in [4.78, 5) is 39.1. The lowest BCUT2D eigenvalue weighted by atomic mass is 9.72. The lowest BCUT2D eigenvalue weighted by molar-refractivity contribution is -0.119. The lowest BCUT2D eigenvalue weighted by Gasteiger charge is -2.43. The minimum absolute atomic E-state index is 0.00442. The Balaban J connectivity index is 1.27. The van der Waals surface area contributed by atoms with Crippen LogP contribution < -0.4 is 10.6 Å². The molecule has 2 aliphatic rings. The third-order valence-electron chi connectivity index (χ3n) is 7.37. The van der Waals surface area contributed by atoms with Crippen LogP contribution in [0.5, 0.6) is 0 Å². The number of amides is 2. The number of piperidine rings is 1. The van der Waals surface area contributed by atoms with Gasteiger partial charge in [0.15, 0.2) is 11.6 Å². The molecule has 36 heavy (non-hydrogen) atoms. The molecule has 0 bridgehead atoms. The van der Waals surface area contributed by atoms with Crippen molar-refractivity contribution in [1.82, 2.24) is 30.5 Å². The average Bonchev–Trinajstić information content (AvgIpc) is 3.54. The number of carbonyl (C=O) groups is 2. The first-order valence-electron chi connectivity index (χ1n) is 12.3. The van der Waals surface area contributed by atoms with Crippen LogP contribution in [0.15, 0.2) is 53.1 Å². The van der Waals surface area contributed by atoms with Crippen molar-refractivity contribution in [2.75, 3.05) is 32.7 Å². The third-order valence-corrected chi connectivity index (χ3v) is 7.37. The van der Waals surface area contributed by atoms with Gasteiger partial charge >= 0.3 is 0 Å². The topological polar surface area (TPSA) is 116 Å². The maximum atomic E-state index is 12.8. The summed E-state index contributed by atoms with van der Waals surface area (Å²) in [5.41, 5.74) is 3.84. The van der Waals surface area contributed by atoms with Crippen LogP contribution in [0.1, 0.15) is 35.8 Å². The Hall–Kier alpha value is -3.98. The average molecular weight is 485 g/mol. The number of aromatic nitrogens is 3. The SMILES string of the molecule is CC(=O)NCCN1CCC2(CC1)CNC(=O)c1cc(-c3ccnc(-c4cc5ccccc5o4)n3)[nH]c12. The van der Waals surface area contributed by atoms with Gasteiger partial charge < -0.3 is 24.9 Å². The number of fused-ring (bicyclic) bond motifs is 3. The highest BCUT2D eigenvalue weighted by Crippen LogP contribution is 2.40. The number of furan rings is 1. The second-order valence-corrected chi connectivity index (χ2v) is 9.67. The minimum Gasteiger partial charge on any atom is -0.453 e. The number of nitrogens with one attached hydrogen (secondary N) is 3. The molecule has 3 N–H and O–H groups in total. The number of benzene rings is 1. The first kappa shape index (κ1) is 22.5. The summed E-state index contributed by atoms with van der Waals surface area (Å²) in [5.74, 6) is 1.05. The second-order valence-electron chi connectivity index (χ2n) is 9.67. The van der Waals surface area contributed by atoms with Crippen LogP contribution in [0.4, 0.5) is 0 Å². The molecule has 1 saturated heterocycles. The summed E-state index contributed by atoms with van der Waals surface area (Å²) >= 11 is 0. The Morgan fingerprint density at radius 2 is 2.03 bits per heavy atom. The van der Waals surface area contributed by atoms with Crippen LogP contribution in [0.3, 0.4) is 0 Å². The van der Waals surface area contributed by atoms with E-state index in [2.05, 4.69) is 25.5 Å². The molecule has 0 aliphatic carbocycles. The molecule has 9 nitrogen and oxygen atoms in total. The van der Waals surface area contributed by atoms with E-state index in [9.17, 15) is 9.59 Å². The maximum Gasteiger partial charge on any atom is 0.253 e. The molecule has 0 atom stereocenters. The highest BCUT2D eigenvalue weighted by molar-refractivity contribution is 5.98. The van der Waals surface area contributed by atoms with Crippen molar-refractivity contribution < 1.29 is 14.0 Å². The Labute approximate surface area is 208 Å². The van der Waals surface area contributed by atoms with E-state index < -0.39 is 0 Å². The van der Waals surface area contributed by atoms with Gasteiger partial charge in [0, 0.05) is 49.2 Å². The fourth-order valence-electron chi connectivity index (χ4n) is 5.36. The van der Waals surface area contributed by atoms with Crippen LogP contribution in [-0.4, -0.2) is 64.4 Å². The molecule has 9 heteroatoms. The summed E-state index contributed by atoms with van der Waals surface area (Å²) in [5, 5.41) is 6.97. The zero-order valence-electron chi connectivity index (χ0n) is 20.1. The van der Waals surface area contributed by atoms with Crippen LogP contribution in [-0.2, 0) is 10.2 Å². The van der Waals surface area contributed by atoms with E-state index in [4.69, 9.17) is 9.40 Å². The van der Waals surface area contributed by atoms with Crippen LogP contribution >= 0.6 is 0 Å². The highest BCUT2D eigenvalue weighted by Gasteiger charge is 2.43. The van der Waals surface area contributed by atoms with Gasteiger partial charge in [-0.3, -0.25) is 9.59 Å². The summed E-state index contributed by atoms with van der Waals surface area (Å²) in [7, 11) is 0. The normalized spacial score (nSPS) is 17.2. The van der Waals surface area contributed by atoms with Gasteiger partial charge in [0.2, 0.25) is 5.91 Å². The zero-order valence-corrected chi connectivity index (χ0v) is 20.1. The van der Waals surface area contributed by atoms with Crippen molar-refractivity contribution in [3.63, 3.8) is 0 Å². The monoisotopic (exact) mass is 484 g/mol. The molecule has 2 amide bonds. The Bertz CT molecular complexity index is 1410. The maximum absolute atomic E-state index is 12.8. The Morgan fingerprint density at radius 3 is 2.83 bits per heavy atom. The fourth-order valence-corrected chi connectivity index (χ4v) is 5.36. The van der Waals surface area contributed by atoms with Gasteiger partial charge in [-0.25, -0.2) is 9.97 Å². The minimum atomic E-state index is -0.138.